The molecule has 1 aliphatic rings. The summed E-state index contributed by atoms with van der Waals surface area (Å²) >= 11 is 0. The lowest BCUT2D eigenvalue weighted by Crippen LogP contribution is -2.41. The third-order valence-corrected chi connectivity index (χ3v) is 5.11. The minimum atomic E-state index is -0.131. The number of aryl methyl sites for hydroxylation is 1. The van der Waals surface area contributed by atoms with E-state index in [0.717, 1.165) is 43.5 Å². The van der Waals surface area contributed by atoms with E-state index in [1.165, 1.54) is 6.42 Å². The van der Waals surface area contributed by atoms with Crippen molar-refractivity contribution < 1.29 is 4.79 Å². The minimum Gasteiger partial charge on any atom is -0.341 e. The Kier molecular flexibility index (Phi) is 6.67. The highest BCUT2D eigenvalue weighted by Crippen LogP contribution is 2.20. The number of hydrogen-bond donors (Lipinski definition) is 1. The second kappa shape index (κ2) is 8.54. The molecule has 1 fully saturated rings. The number of para-hydroxylation sites is 2. The van der Waals surface area contributed by atoms with Crippen LogP contribution in [-0.2, 0) is 18.4 Å². The first-order valence-electron chi connectivity index (χ1n) is 8.68. The van der Waals surface area contributed by atoms with Gasteiger partial charge in [0.25, 0.3) is 0 Å². The Bertz CT molecular complexity index is 775. The van der Waals surface area contributed by atoms with E-state index in [1.54, 1.807) is 16.2 Å². The molecule has 0 unspecified atom stereocenters. The van der Waals surface area contributed by atoms with Crippen LogP contribution in [0.3, 0.4) is 0 Å². The third kappa shape index (κ3) is 4.07. The quantitative estimate of drug-likeness (QED) is 0.874. The zero-order chi connectivity index (χ0) is 17.1. The Hall–Kier alpha value is -1.79. The monoisotopic (exact) mass is 366 g/mol. The van der Waals surface area contributed by atoms with Gasteiger partial charge in [-0.15, -0.1) is 12.4 Å². The van der Waals surface area contributed by atoms with Crippen LogP contribution < -0.4 is 11.0 Å². The van der Waals surface area contributed by atoms with Gasteiger partial charge in [-0.25, -0.2) is 4.79 Å². The van der Waals surface area contributed by atoms with Gasteiger partial charge in [0.15, 0.2) is 0 Å². The highest BCUT2D eigenvalue weighted by molar-refractivity contribution is 5.85. The summed E-state index contributed by atoms with van der Waals surface area (Å²) in [5, 5.41) is 3.19. The van der Waals surface area contributed by atoms with Gasteiger partial charge in [-0.3, -0.25) is 13.9 Å². The topological polar surface area (TPSA) is 59.3 Å². The normalized spacial score (nSPS) is 15.4. The number of amides is 1. The number of imidazole rings is 1. The van der Waals surface area contributed by atoms with Crippen LogP contribution >= 0.6 is 12.4 Å². The summed E-state index contributed by atoms with van der Waals surface area (Å²) in [5.41, 5.74) is 1.55. The molecule has 1 saturated heterocycles. The summed E-state index contributed by atoms with van der Waals surface area (Å²) < 4.78 is 3.19. The minimum absolute atomic E-state index is 0. The predicted molar refractivity (Wildman–Crippen MR) is 102 cm³/mol. The van der Waals surface area contributed by atoms with Crippen molar-refractivity contribution in [3.8, 4) is 0 Å². The Labute approximate surface area is 154 Å². The van der Waals surface area contributed by atoms with Crippen LogP contribution in [-0.4, -0.2) is 46.6 Å². The lowest BCUT2D eigenvalue weighted by Gasteiger charge is -2.32. The van der Waals surface area contributed by atoms with Crippen LogP contribution in [0.5, 0.6) is 0 Å². The number of rotatable bonds is 5. The van der Waals surface area contributed by atoms with Crippen LogP contribution in [0.2, 0.25) is 0 Å². The molecule has 0 aliphatic carbocycles. The molecule has 0 spiro atoms. The number of halogens is 1. The third-order valence-electron chi connectivity index (χ3n) is 5.11. The maximum absolute atomic E-state index is 12.6. The van der Waals surface area contributed by atoms with Crippen molar-refractivity contribution >= 4 is 29.3 Å². The maximum Gasteiger partial charge on any atom is 0.329 e. The zero-order valence-corrected chi connectivity index (χ0v) is 15.7. The molecule has 1 aromatic heterocycles. The average Bonchev–Trinajstić information content (AvgIpc) is 2.85. The molecule has 2 heterocycles. The van der Waals surface area contributed by atoms with Gasteiger partial charge in [0.05, 0.1) is 11.0 Å². The molecule has 2 aromatic rings. The summed E-state index contributed by atoms with van der Waals surface area (Å²) in [6, 6.07) is 7.61. The van der Waals surface area contributed by atoms with Gasteiger partial charge < -0.3 is 10.2 Å². The fourth-order valence-corrected chi connectivity index (χ4v) is 3.57. The van der Waals surface area contributed by atoms with Crippen LogP contribution in [0.25, 0.3) is 11.0 Å². The summed E-state index contributed by atoms with van der Waals surface area (Å²) in [4.78, 5) is 27.0. The maximum atomic E-state index is 12.6. The van der Waals surface area contributed by atoms with E-state index in [2.05, 4.69) is 5.32 Å². The number of hydrogen-bond acceptors (Lipinski definition) is 3. The standard InChI is InChI=1S/C18H26N4O2.ClH/c1-19-10-7-14-8-11-21(12-9-14)17(23)13-22-16-6-4-3-5-15(16)20(2)18(22)24;/h3-6,14,19H,7-13H2,1-2H3;1H. The molecule has 25 heavy (non-hydrogen) atoms. The number of nitrogens with zero attached hydrogens (tertiary/aromatic N) is 3. The van der Waals surface area contributed by atoms with Crippen LogP contribution in [0.4, 0.5) is 0 Å². The van der Waals surface area contributed by atoms with E-state index in [4.69, 9.17) is 0 Å². The first kappa shape index (κ1) is 19.5. The van der Waals surface area contributed by atoms with E-state index < -0.39 is 0 Å². The number of piperidine rings is 1. The van der Waals surface area contributed by atoms with Crippen LogP contribution in [0.1, 0.15) is 19.3 Å². The van der Waals surface area contributed by atoms with Crippen molar-refractivity contribution in [3.63, 3.8) is 0 Å². The van der Waals surface area contributed by atoms with Gasteiger partial charge in [-0.2, -0.15) is 0 Å². The summed E-state index contributed by atoms with van der Waals surface area (Å²) in [6.07, 6.45) is 3.27. The Morgan fingerprint density at radius 2 is 1.84 bits per heavy atom. The lowest BCUT2D eigenvalue weighted by molar-refractivity contribution is -0.133. The van der Waals surface area contributed by atoms with Gasteiger partial charge in [0.2, 0.25) is 5.91 Å². The number of likely N-dealkylation sites (tertiary alicyclic amines) is 1. The number of carbonyl (C=O) groups is 1. The zero-order valence-electron chi connectivity index (χ0n) is 14.9. The SMILES string of the molecule is CNCCC1CCN(C(=O)Cn2c(=O)n(C)c3ccccc32)CC1.Cl. The fourth-order valence-electron chi connectivity index (χ4n) is 3.57. The van der Waals surface area contributed by atoms with Crippen molar-refractivity contribution in [2.45, 2.75) is 25.8 Å². The van der Waals surface area contributed by atoms with Crippen LogP contribution in [0, 0.1) is 5.92 Å². The highest BCUT2D eigenvalue weighted by atomic mass is 35.5. The number of carbonyl (C=O) groups excluding carboxylic acids is 1. The number of aromatic nitrogens is 2. The Balaban J connectivity index is 0.00000225. The molecule has 0 saturated carbocycles. The first-order valence-corrected chi connectivity index (χ1v) is 8.68. The molecule has 0 bridgehead atoms. The summed E-state index contributed by atoms with van der Waals surface area (Å²) in [7, 11) is 3.72. The first-order chi connectivity index (χ1) is 11.6. The number of nitrogens with one attached hydrogen (secondary N) is 1. The molecule has 0 atom stereocenters. The summed E-state index contributed by atoms with van der Waals surface area (Å²) in [6.45, 7) is 2.75. The molecular formula is C18H27ClN4O2. The Morgan fingerprint density at radius 1 is 1.20 bits per heavy atom. The van der Waals surface area contributed by atoms with E-state index >= 15 is 0 Å². The van der Waals surface area contributed by atoms with E-state index in [9.17, 15) is 9.59 Å². The van der Waals surface area contributed by atoms with Crippen molar-refractivity contribution in [3.05, 3.63) is 34.7 Å². The molecule has 6 nitrogen and oxygen atoms in total. The molecule has 3 rings (SSSR count). The molecule has 7 heteroatoms. The van der Waals surface area contributed by atoms with E-state index in [-0.39, 0.29) is 30.5 Å². The second-order valence-electron chi connectivity index (χ2n) is 6.63. The van der Waals surface area contributed by atoms with Gasteiger partial charge in [0.1, 0.15) is 6.54 Å². The van der Waals surface area contributed by atoms with Gasteiger partial charge in [-0.1, -0.05) is 12.1 Å². The molecule has 138 valence electrons. The lowest BCUT2D eigenvalue weighted by atomic mass is 9.93. The summed E-state index contributed by atoms with van der Waals surface area (Å²) in [5.74, 6) is 0.738. The Morgan fingerprint density at radius 3 is 2.48 bits per heavy atom. The molecular weight excluding hydrogens is 340 g/mol. The molecule has 1 aliphatic heterocycles. The largest absolute Gasteiger partial charge is 0.341 e. The molecule has 1 aromatic carbocycles. The molecule has 1 N–H and O–H groups in total. The second-order valence-corrected chi connectivity index (χ2v) is 6.63. The van der Waals surface area contributed by atoms with E-state index in [1.807, 2.05) is 36.2 Å². The smallest absolute Gasteiger partial charge is 0.329 e. The predicted octanol–water partition coefficient (Wildman–Crippen LogP) is 1.61. The van der Waals surface area contributed by atoms with Crippen LogP contribution in [0.15, 0.2) is 29.1 Å². The highest BCUT2D eigenvalue weighted by Gasteiger charge is 2.23. The molecule has 0 radical (unpaired) electrons. The van der Waals surface area contributed by atoms with Gasteiger partial charge in [0, 0.05) is 20.1 Å². The number of fused-ring (bicyclic) bond motifs is 1. The van der Waals surface area contributed by atoms with Gasteiger partial charge in [-0.05, 0) is 50.9 Å². The molecule has 1 amide bonds. The van der Waals surface area contributed by atoms with Crippen molar-refractivity contribution in [2.24, 2.45) is 13.0 Å². The number of benzene rings is 1. The van der Waals surface area contributed by atoms with Gasteiger partial charge >= 0.3 is 5.69 Å². The average molecular weight is 367 g/mol. The van der Waals surface area contributed by atoms with Crippen molar-refractivity contribution in [1.29, 1.82) is 0 Å². The fraction of sp³-hybridized carbons (Fsp3) is 0.556. The van der Waals surface area contributed by atoms with E-state index in [0.29, 0.717) is 5.92 Å². The van der Waals surface area contributed by atoms with Crippen molar-refractivity contribution in [1.82, 2.24) is 19.4 Å². The van der Waals surface area contributed by atoms with Crippen molar-refractivity contribution in [2.75, 3.05) is 26.7 Å².